The normalized spacial score (nSPS) is 12.2. The van der Waals surface area contributed by atoms with Gasteiger partial charge in [-0.05, 0) is 23.6 Å². The smallest absolute Gasteiger partial charge is 0.127 e. The number of nitrogens with two attached hydrogens (primary N) is 1. The fourth-order valence-corrected chi connectivity index (χ4v) is 2.64. The minimum absolute atomic E-state index is 0.0779. The van der Waals surface area contributed by atoms with Crippen LogP contribution >= 0.6 is 11.3 Å². The summed E-state index contributed by atoms with van der Waals surface area (Å²) >= 11 is 1.65. The average Bonchev–Trinajstić information content (AvgIpc) is 2.94. The summed E-state index contributed by atoms with van der Waals surface area (Å²) in [5.74, 6) is 7.18. The van der Waals surface area contributed by atoms with Crippen molar-refractivity contribution in [3.05, 3.63) is 46.2 Å². The van der Waals surface area contributed by atoms with Crippen molar-refractivity contribution in [2.45, 2.75) is 6.04 Å². The third kappa shape index (κ3) is 2.48. The fourth-order valence-electron chi connectivity index (χ4n) is 1.84. The van der Waals surface area contributed by atoms with Crippen LogP contribution in [0.5, 0.6) is 11.5 Å². The van der Waals surface area contributed by atoms with Crippen LogP contribution in [0.2, 0.25) is 0 Å². The molecule has 5 heteroatoms. The largest absolute Gasteiger partial charge is 0.497 e. The molecule has 0 aliphatic rings. The quantitative estimate of drug-likeness (QED) is 0.643. The molecule has 0 saturated carbocycles. The number of methoxy groups -OCH3 is 2. The molecule has 18 heavy (non-hydrogen) atoms. The third-order valence-corrected chi connectivity index (χ3v) is 3.68. The first kappa shape index (κ1) is 12.9. The van der Waals surface area contributed by atoms with Gasteiger partial charge in [0.05, 0.1) is 20.3 Å². The zero-order valence-electron chi connectivity index (χ0n) is 10.3. The van der Waals surface area contributed by atoms with E-state index in [1.807, 2.05) is 35.7 Å². The second-order valence-electron chi connectivity index (χ2n) is 3.72. The topological polar surface area (TPSA) is 56.5 Å². The summed E-state index contributed by atoms with van der Waals surface area (Å²) in [6.07, 6.45) is 0. The first-order chi connectivity index (χ1) is 8.80. The predicted molar refractivity (Wildman–Crippen MR) is 73.0 cm³/mol. The van der Waals surface area contributed by atoms with Crippen LogP contribution in [0.15, 0.2) is 35.7 Å². The maximum absolute atomic E-state index is 5.66. The highest BCUT2D eigenvalue weighted by Crippen LogP contribution is 2.34. The van der Waals surface area contributed by atoms with Crippen molar-refractivity contribution < 1.29 is 9.47 Å². The maximum Gasteiger partial charge on any atom is 0.127 e. The van der Waals surface area contributed by atoms with E-state index in [0.717, 1.165) is 21.9 Å². The lowest BCUT2D eigenvalue weighted by molar-refractivity contribution is 0.388. The standard InChI is InChI=1S/C13H16N2O2S/c1-16-9-5-6-10(11(8-9)17-2)13(15-14)12-4-3-7-18-12/h3-8,13,15H,14H2,1-2H3. The highest BCUT2D eigenvalue weighted by atomic mass is 32.1. The van der Waals surface area contributed by atoms with Crippen molar-refractivity contribution in [3.8, 4) is 11.5 Å². The molecule has 1 aromatic carbocycles. The molecule has 3 N–H and O–H groups in total. The summed E-state index contributed by atoms with van der Waals surface area (Å²) in [6, 6.07) is 9.68. The molecule has 96 valence electrons. The number of rotatable bonds is 5. The Labute approximate surface area is 110 Å². The van der Waals surface area contributed by atoms with Gasteiger partial charge in [0, 0.05) is 16.5 Å². The van der Waals surface area contributed by atoms with E-state index in [0.29, 0.717) is 0 Å². The molecule has 0 aliphatic heterocycles. The van der Waals surface area contributed by atoms with Crippen LogP contribution in [0.4, 0.5) is 0 Å². The Balaban J connectivity index is 2.42. The van der Waals surface area contributed by atoms with E-state index in [4.69, 9.17) is 15.3 Å². The van der Waals surface area contributed by atoms with Gasteiger partial charge in [0.1, 0.15) is 11.5 Å². The van der Waals surface area contributed by atoms with Gasteiger partial charge in [0.25, 0.3) is 0 Å². The SMILES string of the molecule is COc1ccc(C(NN)c2cccs2)c(OC)c1. The van der Waals surface area contributed by atoms with Crippen LogP contribution in [0.3, 0.4) is 0 Å². The zero-order valence-corrected chi connectivity index (χ0v) is 11.2. The van der Waals surface area contributed by atoms with E-state index in [1.165, 1.54) is 0 Å². The molecule has 1 atom stereocenters. The van der Waals surface area contributed by atoms with Crippen LogP contribution < -0.4 is 20.7 Å². The van der Waals surface area contributed by atoms with Crippen LogP contribution in [-0.4, -0.2) is 14.2 Å². The molecule has 0 amide bonds. The molecule has 2 rings (SSSR count). The number of hydrazine groups is 1. The van der Waals surface area contributed by atoms with Crippen LogP contribution in [0, 0.1) is 0 Å². The number of nitrogens with one attached hydrogen (secondary N) is 1. The molecule has 1 aromatic heterocycles. The third-order valence-electron chi connectivity index (χ3n) is 2.75. The molecule has 0 bridgehead atoms. The summed E-state index contributed by atoms with van der Waals surface area (Å²) in [6.45, 7) is 0. The van der Waals surface area contributed by atoms with E-state index in [-0.39, 0.29) is 6.04 Å². The van der Waals surface area contributed by atoms with E-state index in [9.17, 15) is 0 Å². The monoisotopic (exact) mass is 264 g/mol. The van der Waals surface area contributed by atoms with Gasteiger partial charge in [0.15, 0.2) is 0 Å². The van der Waals surface area contributed by atoms with Crippen LogP contribution in [0.1, 0.15) is 16.5 Å². The number of hydrogen-bond donors (Lipinski definition) is 2. The Hall–Kier alpha value is -1.56. The molecule has 1 unspecified atom stereocenters. The summed E-state index contributed by atoms with van der Waals surface area (Å²) in [5.41, 5.74) is 3.81. The molecule has 2 aromatic rings. The van der Waals surface area contributed by atoms with E-state index < -0.39 is 0 Å². The Kier molecular flexibility index (Phi) is 4.19. The van der Waals surface area contributed by atoms with Gasteiger partial charge in [0.2, 0.25) is 0 Å². The van der Waals surface area contributed by atoms with Gasteiger partial charge in [-0.25, -0.2) is 5.43 Å². The van der Waals surface area contributed by atoms with Crippen molar-refractivity contribution in [2.75, 3.05) is 14.2 Å². The second-order valence-corrected chi connectivity index (χ2v) is 4.70. The first-order valence-corrected chi connectivity index (χ1v) is 6.39. The second kappa shape index (κ2) is 5.86. The average molecular weight is 264 g/mol. The molecule has 0 aliphatic carbocycles. The van der Waals surface area contributed by atoms with Gasteiger partial charge >= 0.3 is 0 Å². The number of benzene rings is 1. The van der Waals surface area contributed by atoms with E-state index in [2.05, 4.69) is 5.43 Å². The van der Waals surface area contributed by atoms with Crippen molar-refractivity contribution in [1.82, 2.24) is 5.43 Å². The molecule has 0 radical (unpaired) electrons. The lowest BCUT2D eigenvalue weighted by atomic mass is 10.0. The number of hydrogen-bond acceptors (Lipinski definition) is 5. The predicted octanol–water partition coefficient (Wildman–Crippen LogP) is 2.32. The Morgan fingerprint density at radius 2 is 2.06 bits per heavy atom. The van der Waals surface area contributed by atoms with Gasteiger partial charge < -0.3 is 9.47 Å². The lowest BCUT2D eigenvalue weighted by Crippen LogP contribution is -2.28. The molecule has 1 heterocycles. The molecular formula is C13H16N2O2S. The van der Waals surface area contributed by atoms with Gasteiger partial charge in [-0.15, -0.1) is 11.3 Å². The minimum Gasteiger partial charge on any atom is -0.497 e. The van der Waals surface area contributed by atoms with Crippen molar-refractivity contribution in [2.24, 2.45) is 5.84 Å². The summed E-state index contributed by atoms with van der Waals surface area (Å²) in [7, 11) is 3.27. The Morgan fingerprint density at radius 3 is 2.61 bits per heavy atom. The Bertz CT molecular complexity index is 500. The highest BCUT2D eigenvalue weighted by Gasteiger charge is 2.18. The summed E-state index contributed by atoms with van der Waals surface area (Å²) in [4.78, 5) is 1.14. The van der Waals surface area contributed by atoms with Crippen molar-refractivity contribution in [3.63, 3.8) is 0 Å². The Morgan fingerprint density at radius 1 is 1.22 bits per heavy atom. The van der Waals surface area contributed by atoms with Gasteiger partial charge in [-0.1, -0.05) is 6.07 Å². The van der Waals surface area contributed by atoms with Crippen molar-refractivity contribution in [1.29, 1.82) is 0 Å². The van der Waals surface area contributed by atoms with Crippen molar-refractivity contribution >= 4 is 11.3 Å². The number of ether oxygens (including phenoxy) is 2. The summed E-state index contributed by atoms with van der Waals surface area (Å²) in [5, 5.41) is 2.02. The molecule has 0 saturated heterocycles. The molecule has 0 spiro atoms. The molecule has 0 fully saturated rings. The zero-order chi connectivity index (χ0) is 13.0. The molecule has 4 nitrogen and oxygen atoms in total. The highest BCUT2D eigenvalue weighted by molar-refractivity contribution is 7.10. The van der Waals surface area contributed by atoms with Gasteiger partial charge in [-0.2, -0.15) is 0 Å². The lowest BCUT2D eigenvalue weighted by Gasteiger charge is -2.18. The van der Waals surface area contributed by atoms with E-state index >= 15 is 0 Å². The van der Waals surface area contributed by atoms with E-state index in [1.54, 1.807) is 25.6 Å². The first-order valence-electron chi connectivity index (χ1n) is 5.51. The van der Waals surface area contributed by atoms with Crippen LogP contribution in [0.25, 0.3) is 0 Å². The maximum atomic E-state index is 5.66. The summed E-state index contributed by atoms with van der Waals surface area (Å²) < 4.78 is 10.6. The fraction of sp³-hybridized carbons (Fsp3) is 0.231. The molecular weight excluding hydrogens is 248 g/mol. The number of thiophene rings is 1. The minimum atomic E-state index is -0.0779. The van der Waals surface area contributed by atoms with Gasteiger partial charge in [-0.3, -0.25) is 5.84 Å². The van der Waals surface area contributed by atoms with Crippen LogP contribution in [-0.2, 0) is 0 Å².